The summed E-state index contributed by atoms with van der Waals surface area (Å²) in [4.78, 5) is 80.5. The summed E-state index contributed by atoms with van der Waals surface area (Å²) in [6.45, 7) is 0. The summed E-state index contributed by atoms with van der Waals surface area (Å²) in [5.74, 6) is -6.02. The van der Waals surface area contributed by atoms with Crippen molar-refractivity contribution < 1.29 is 38.2 Å². The van der Waals surface area contributed by atoms with E-state index in [1.54, 1.807) is 36.5 Å². The monoisotopic (exact) mass is 682 g/mol. The maximum Gasteiger partial charge on any atom is 0.320 e. The molecule has 2 aromatic carbocycles. The van der Waals surface area contributed by atoms with Crippen molar-refractivity contribution in [1.82, 2.24) is 20.9 Å². The van der Waals surface area contributed by atoms with E-state index in [4.69, 9.17) is 11.5 Å². The van der Waals surface area contributed by atoms with Crippen molar-refractivity contribution in [1.29, 1.82) is 0 Å². The van der Waals surface area contributed by atoms with Crippen molar-refractivity contribution in [2.45, 2.75) is 49.9 Å². The topological polar surface area (TPSA) is 225 Å². The fourth-order valence-electron chi connectivity index (χ4n) is 5.07. The van der Waals surface area contributed by atoms with Crippen molar-refractivity contribution in [3.63, 3.8) is 0 Å². The number of H-pyrrole nitrogens is 1. The number of amides is 4. The number of hydrogen-bond acceptors (Lipinski definition) is 10. The van der Waals surface area contributed by atoms with E-state index in [0.717, 1.165) is 30.7 Å². The fourth-order valence-corrected chi connectivity index (χ4v) is 5.54. The Hall–Kier alpha value is -4.89. The highest BCUT2D eigenvalue weighted by molar-refractivity contribution is 7.98. The number of benzene rings is 2. The zero-order valence-electron chi connectivity index (χ0n) is 27.0. The summed E-state index contributed by atoms with van der Waals surface area (Å²) in [6, 6.07) is 11.7. The van der Waals surface area contributed by atoms with Gasteiger partial charge in [0.25, 0.3) is 0 Å². The lowest BCUT2D eigenvalue weighted by Gasteiger charge is -2.26. The molecule has 258 valence electrons. The number of esters is 2. The van der Waals surface area contributed by atoms with E-state index in [1.165, 1.54) is 11.8 Å². The van der Waals surface area contributed by atoms with Crippen molar-refractivity contribution in [2.75, 3.05) is 26.2 Å². The van der Waals surface area contributed by atoms with Gasteiger partial charge in [0, 0.05) is 29.9 Å². The summed E-state index contributed by atoms with van der Waals surface area (Å²) in [5.41, 5.74) is 14.2. The fraction of sp³-hybridized carbons (Fsp3) is 0.394. The molecule has 0 aliphatic rings. The summed E-state index contributed by atoms with van der Waals surface area (Å²) >= 11 is 1.47. The molecule has 3 rings (SSSR count). The SMILES string of the molecule is COC(=O)C(C[C@H](NC(=O)[C@@H](Cc1ccccc1)NC(=O)[C@@H](CCSC)NC(=O)[C@H](N)Cc1c[nH]c2ccccc12)C(N)=O)C(=O)OC. The standard InChI is InChI=1S/C33H42N6O8S/c1-46-32(44)22(33(45)47-2)17-26(28(35)40)38-31(43)27(15-19-9-5-4-6-10-19)39-30(42)25(13-14-48-3)37-29(41)23(34)16-20-18-36-24-12-8-7-11-21(20)24/h4-12,18,22-23,25-27,36H,13-17,34H2,1-3H3,(H2,35,40)(H,37,41)(H,38,43)(H,39,42)/t23-,25-,26+,27-/m1/s1. The van der Waals surface area contributed by atoms with E-state index in [-0.39, 0.29) is 19.3 Å². The molecule has 0 saturated heterocycles. The molecule has 0 radical (unpaired) electrons. The maximum atomic E-state index is 13.7. The number of carbonyl (C=O) groups excluding carboxylic acids is 6. The van der Waals surface area contributed by atoms with Gasteiger partial charge in [-0.25, -0.2) is 0 Å². The lowest BCUT2D eigenvalue weighted by molar-refractivity contribution is -0.159. The molecule has 0 aliphatic heterocycles. The number of rotatable bonds is 18. The van der Waals surface area contributed by atoms with Gasteiger partial charge >= 0.3 is 11.9 Å². The van der Waals surface area contributed by atoms with Gasteiger partial charge in [-0.1, -0.05) is 48.5 Å². The molecule has 48 heavy (non-hydrogen) atoms. The normalized spacial score (nSPS) is 13.5. The zero-order valence-corrected chi connectivity index (χ0v) is 27.8. The number of fused-ring (bicyclic) bond motifs is 1. The number of primary amides is 1. The van der Waals surface area contributed by atoms with Gasteiger partial charge in [0.05, 0.1) is 20.3 Å². The van der Waals surface area contributed by atoms with Gasteiger partial charge in [0.1, 0.15) is 18.1 Å². The number of para-hydroxylation sites is 1. The minimum Gasteiger partial charge on any atom is -0.468 e. The Morgan fingerprint density at radius 2 is 1.38 bits per heavy atom. The van der Waals surface area contributed by atoms with E-state index in [0.29, 0.717) is 11.3 Å². The maximum absolute atomic E-state index is 13.7. The van der Waals surface area contributed by atoms with E-state index >= 15 is 0 Å². The Labute approximate surface area is 282 Å². The quantitative estimate of drug-likeness (QED) is 0.0796. The van der Waals surface area contributed by atoms with Crippen molar-refractivity contribution in [3.05, 3.63) is 71.9 Å². The Kier molecular flexibility index (Phi) is 14.4. The number of thioether (sulfide) groups is 1. The van der Waals surface area contributed by atoms with Crippen LogP contribution in [-0.2, 0) is 51.1 Å². The minimum absolute atomic E-state index is 0.00456. The van der Waals surface area contributed by atoms with Crippen molar-refractivity contribution in [2.24, 2.45) is 17.4 Å². The van der Waals surface area contributed by atoms with Crippen LogP contribution in [0.5, 0.6) is 0 Å². The summed E-state index contributed by atoms with van der Waals surface area (Å²) in [7, 11) is 2.12. The molecule has 0 spiro atoms. The van der Waals surface area contributed by atoms with Crippen LogP contribution in [0.25, 0.3) is 10.9 Å². The Bertz CT molecular complexity index is 1570. The molecule has 0 fully saturated rings. The second kappa shape index (κ2) is 18.4. The first-order valence-electron chi connectivity index (χ1n) is 15.2. The average Bonchev–Trinajstić information content (AvgIpc) is 3.49. The van der Waals surface area contributed by atoms with Crippen LogP contribution in [0, 0.1) is 5.92 Å². The highest BCUT2D eigenvalue weighted by atomic mass is 32.2. The van der Waals surface area contributed by atoms with Crippen molar-refractivity contribution >= 4 is 58.2 Å². The van der Waals surface area contributed by atoms with Crippen molar-refractivity contribution in [3.8, 4) is 0 Å². The molecule has 0 unspecified atom stereocenters. The number of aromatic amines is 1. The highest BCUT2D eigenvalue weighted by Gasteiger charge is 2.36. The first-order valence-corrected chi connectivity index (χ1v) is 16.6. The first kappa shape index (κ1) is 37.6. The molecular weight excluding hydrogens is 640 g/mol. The molecule has 8 N–H and O–H groups in total. The number of ether oxygens (including phenoxy) is 2. The van der Waals surface area contributed by atoms with Gasteiger partial charge in [-0.3, -0.25) is 28.8 Å². The van der Waals surface area contributed by atoms with Crippen LogP contribution >= 0.6 is 11.8 Å². The van der Waals surface area contributed by atoms with E-state index in [9.17, 15) is 28.8 Å². The second-order valence-corrected chi connectivity index (χ2v) is 12.0. The lowest BCUT2D eigenvalue weighted by Crippen LogP contribution is -2.58. The minimum atomic E-state index is -1.54. The van der Waals surface area contributed by atoms with Gasteiger partial charge in [0.15, 0.2) is 5.92 Å². The predicted octanol–water partition coefficient (Wildman–Crippen LogP) is 0.326. The van der Waals surface area contributed by atoms with Gasteiger partial charge < -0.3 is 41.9 Å². The molecule has 4 amide bonds. The number of nitrogens with two attached hydrogens (primary N) is 2. The Morgan fingerprint density at radius 1 is 0.792 bits per heavy atom. The Morgan fingerprint density at radius 3 is 2.00 bits per heavy atom. The second-order valence-electron chi connectivity index (χ2n) is 11.1. The van der Waals surface area contributed by atoms with Crippen LogP contribution < -0.4 is 27.4 Å². The van der Waals surface area contributed by atoms with Gasteiger partial charge in [-0.05, 0) is 42.0 Å². The zero-order chi connectivity index (χ0) is 35.2. The van der Waals surface area contributed by atoms with Crippen LogP contribution in [0.4, 0.5) is 0 Å². The predicted molar refractivity (Wildman–Crippen MR) is 180 cm³/mol. The number of hydrogen-bond donors (Lipinski definition) is 6. The van der Waals surface area contributed by atoms with E-state index in [1.807, 2.05) is 30.5 Å². The molecule has 1 aromatic heterocycles. The molecule has 0 bridgehead atoms. The molecule has 14 nitrogen and oxygen atoms in total. The van der Waals surface area contributed by atoms with Crippen LogP contribution in [0.15, 0.2) is 60.8 Å². The number of methoxy groups -OCH3 is 2. The van der Waals surface area contributed by atoms with Crippen LogP contribution in [0.1, 0.15) is 24.0 Å². The van der Waals surface area contributed by atoms with Gasteiger partial charge in [-0.15, -0.1) is 0 Å². The molecule has 15 heteroatoms. The third kappa shape index (κ3) is 10.6. The molecule has 4 atom stereocenters. The Balaban J connectivity index is 1.79. The van der Waals surface area contributed by atoms with E-state index in [2.05, 4.69) is 30.4 Å². The third-order valence-electron chi connectivity index (χ3n) is 7.71. The van der Waals surface area contributed by atoms with Gasteiger partial charge in [0.2, 0.25) is 23.6 Å². The molecular formula is C33H42N6O8S. The largest absolute Gasteiger partial charge is 0.468 e. The first-order chi connectivity index (χ1) is 23.0. The smallest absolute Gasteiger partial charge is 0.320 e. The molecule has 1 heterocycles. The van der Waals surface area contributed by atoms with E-state index < -0.39 is 72.1 Å². The average molecular weight is 683 g/mol. The van der Waals surface area contributed by atoms with Gasteiger partial charge in [-0.2, -0.15) is 11.8 Å². The molecule has 0 saturated carbocycles. The summed E-state index contributed by atoms with van der Waals surface area (Å²) in [5, 5.41) is 8.82. The van der Waals surface area contributed by atoms with Crippen LogP contribution in [0.2, 0.25) is 0 Å². The number of carbonyl (C=O) groups is 6. The number of aromatic nitrogens is 1. The van der Waals surface area contributed by atoms with Crippen LogP contribution in [0.3, 0.4) is 0 Å². The lowest BCUT2D eigenvalue weighted by atomic mass is 9.98. The highest BCUT2D eigenvalue weighted by Crippen LogP contribution is 2.19. The van der Waals surface area contributed by atoms with Crippen LogP contribution in [-0.4, -0.2) is 90.9 Å². The molecule has 0 aliphatic carbocycles. The third-order valence-corrected chi connectivity index (χ3v) is 8.36. The molecule has 3 aromatic rings. The number of nitrogens with one attached hydrogen (secondary N) is 4. The summed E-state index contributed by atoms with van der Waals surface area (Å²) < 4.78 is 9.29. The summed E-state index contributed by atoms with van der Waals surface area (Å²) in [6.07, 6.45) is 3.57.